The maximum Gasteiger partial charge on any atom is 0.261 e. The number of rotatable bonds is 18. The smallest absolute Gasteiger partial charge is 0.261 e. The number of aliphatic hydroxyl groups is 1. The number of hydrogen-bond acceptors (Lipinski definition) is 7. The van der Waals surface area contributed by atoms with Gasteiger partial charge in [0.05, 0.1) is 17.6 Å². The monoisotopic (exact) mass is 628 g/mol. The first kappa shape index (κ1) is 33.9. The molecule has 1 atom stereocenters. The molecular formula is C34H45FN2O6S. The summed E-state index contributed by atoms with van der Waals surface area (Å²) in [6.45, 7) is 7.03. The topological polar surface area (TPSA) is 106 Å². The zero-order valence-corrected chi connectivity index (χ0v) is 26.5. The first-order valence-corrected chi connectivity index (χ1v) is 16.9. The van der Waals surface area contributed by atoms with E-state index in [0.29, 0.717) is 25.4 Å². The third-order valence-electron chi connectivity index (χ3n) is 7.44. The summed E-state index contributed by atoms with van der Waals surface area (Å²) in [6, 6.07) is 17.9. The van der Waals surface area contributed by atoms with Gasteiger partial charge in [-0.05, 0) is 98.3 Å². The van der Waals surface area contributed by atoms with Crippen LogP contribution in [0.1, 0.15) is 75.2 Å². The van der Waals surface area contributed by atoms with Crippen LogP contribution >= 0.6 is 0 Å². The van der Waals surface area contributed by atoms with Gasteiger partial charge in [0, 0.05) is 44.9 Å². The van der Waals surface area contributed by atoms with Crippen LogP contribution in [0, 0.1) is 5.82 Å². The Morgan fingerprint density at radius 3 is 2.50 bits per heavy atom. The molecule has 3 N–H and O–H groups in total. The van der Waals surface area contributed by atoms with Crippen molar-refractivity contribution in [3.05, 3.63) is 89.2 Å². The van der Waals surface area contributed by atoms with Gasteiger partial charge in [-0.25, -0.2) is 12.8 Å². The Kier molecular flexibility index (Phi) is 12.6. The quantitative estimate of drug-likeness (QED) is 0.138. The van der Waals surface area contributed by atoms with Crippen LogP contribution in [-0.2, 0) is 32.5 Å². The van der Waals surface area contributed by atoms with Crippen molar-refractivity contribution in [1.82, 2.24) is 5.32 Å². The molecule has 3 aromatic rings. The molecule has 1 heterocycles. The summed E-state index contributed by atoms with van der Waals surface area (Å²) in [5.74, 6) is -0.237. The van der Waals surface area contributed by atoms with E-state index in [0.717, 1.165) is 80.5 Å². The summed E-state index contributed by atoms with van der Waals surface area (Å²) in [5.41, 5.74) is 3.08. The third-order valence-corrected chi connectivity index (χ3v) is 8.82. The highest BCUT2D eigenvalue weighted by atomic mass is 32.2. The first-order valence-electron chi connectivity index (χ1n) is 15.4. The molecule has 0 spiro atoms. The molecule has 1 aliphatic rings. The third kappa shape index (κ3) is 10.9. The predicted octanol–water partition coefficient (Wildman–Crippen LogP) is 6.49. The second-order valence-electron chi connectivity index (χ2n) is 11.6. The van der Waals surface area contributed by atoms with Crippen molar-refractivity contribution in [2.24, 2.45) is 0 Å². The molecule has 240 valence electrons. The predicted molar refractivity (Wildman–Crippen MR) is 170 cm³/mol. The van der Waals surface area contributed by atoms with E-state index in [1.165, 1.54) is 24.3 Å². The van der Waals surface area contributed by atoms with Crippen LogP contribution in [0.3, 0.4) is 0 Å². The number of unbranched alkanes of at least 4 members (excludes halogenated alkanes) is 4. The Hall–Kier alpha value is -3.02. The average molecular weight is 629 g/mol. The van der Waals surface area contributed by atoms with Gasteiger partial charge < -0.3 is 24.6 Å². The molecule has 1 aliphatic heterocycles. The van der Waals surface area contributed by atoms with Gasteiger partial charge in [0.15, 0.2) is 0 Å². The average Bonchev–Trinajstić information content (AvgIpc) is 3.00. The SMILES string of the molecule is CC1(C)OCc2cc([C@H](O)CNCCCCCCOCCCCc3cccc(S(=O)(=O)Nc4ccc(F)cc4)c3)ccc2O1. The number of aliphatic hydroxyl groups excluding tert-OH is 1. The van der Waals surface area contributed by atoms with Crippen LogP contribution in [0.4, 0.5) is 10.1 Å². The number of fused-ring (bicyclic) bond motifs is 1. The van der Waals surface area contributed by atoms with E-state index >= 15 is 0 Å². The molecule has 0 radical (unpaired) electrons. The molecule has 0 saturated heterocycles. The molecule has 0 bridgehead atoms. The van der Waals surface area contributed by atoms with E-state index in [2.05, 4.69) is 10.0 Å². The van der Waals surface area contributed by atoms with Crippen LogP contribution in [-0.4, -0.2) is 45.6 Å². The summed E-state index contributed by atoms with van der Waals surface area (Å²) in [7, 11) is -3.75. The minimum Gasteiger partial charge on any atom is -0.463 e. The second-order valence-corrected chi connectivity index (χ2v) is 13.3. The van der Waals surface area contributed by atoms with Crippen LogP contribution in [0.2, 0.25) is 0 Å². The summed E-state index contributed by atoms with van der Waals surface area (Å²) >= 11 is 0. The van der Waals surface area contributed by atoms with E-state index in [-0.39, 0.29) is 4.90 Å². The maximum atomic E-state index is 13.1. The van der Waals surface area contributed by atoms with E-state index in [1.807, 2.05) is 38.1 Å². The minimum absolute atomic E-state index is 0.187. The highest BCUT2D eigenvalue weighted by molar-refractivity contribution is 7.92. The zero-order chi connectivity index (χ0) is 31.4. The van der Waals surface area contributed by atoms with Gasteiger partial charge in [-0.15, -0.1) is 0 Å². The molecule has 0 saturated carbocycles. The van der Waals surface area contributed by atoms with Gasteiger partial charge in [-0.3, -0.25) is 4.72 Å². The van der Waals surface area contributed by atoms with E-state index in [1.54, 1.807) is 18.2 Å². The van der Waals surface area contributed by atoms with E-state index in [4.69, 9.17) is 14.2 Å². The van der Waals surface area contributed by atoms with Gasteiger partial charge in [0.2, 0.25) is 5.79 Å². The lowest BCUT2D eigenvalue weighted by Gasteiger charge is -2.33. The van der Waals surface area contributed by atoms with Crippen molar-refractivity contribution in [3.63, 3.8) is 0 Å². The molecule has 4 rings (SSSR count). The molecular weight excluding hydrogens is 583 g/mol. The number of hydrogen-bond donors (Lipinski definition) is 3. The first-order chi connectivity index (χ1) is 21.1. The van der Waals surface area contributed by atoms with Crippen molar-refractivity contribution >= 4 is 15.7 Å². The fraction of sp³-hybridized carbons (Fsp3) is 0.471. The van der Waals surface area contributed by atoms with E-state index in [9.17, 15) is 17.9 Å². The van der Waals surface area contributed by atoms with Gasteiger partial charge in [-0.1, -0.05) is 31.0 Å². The van der Waals surface area contributed by atoms with Crippen molar-refractivity contribution in [1.29, 1.82) is 0 Å². The molecule has 0 amide bonds. The Morgan fingerprint density at radius 1 is 0.955 bits per heavy atom. The number of benzene rings is 3. The number of nitrogens with one attached hydrogen (secondary N) is 2. The van der Waals surface area contributed by atoms with Crippen LogP contribution < -0.4 is 14.8 Å². The lowest BCUT2D eigenvalue weighted by atomic mass is 10.0. The van der Waals surface area contributed by atoms with Gasteiger partial charge >= 0.3 is 0 Å². The Balaban J connectivity index is 1.00. The second kappa shape index (κ2) is 16.3. The molecule has 0 aromatic heterocycles. The summed E-state index contributed by atoms with van der Waals surface area (Å²) in [5, 5.41) is 13.9. The zero-order valence-electron chi connectivity index (χ0n) is 25.7. The molecule has 10 heteroatoms. The fourth-order valence-electron chi connectivity index (χ4n) is 4.96. The molecule has 3 aromatic carbocycles. The molecule has 8 nitrogen and oxygen atoms in total. The number of aryl methyl sites for hydroxylation is 1. The van der Waals surface area contributed by atoms with Crippen molar-refractivity contribution < 1.29 is 32.1 Å². The number of halogens is 1. The standard InChI is InChI=1S/C34H45FN2O6S/c1-34(2)42-25-28-23-27(13-18-33(28)43-34)32(38)24-36-19-6-3-4-7-20-41-21-8-5-10-26-11-9-12-31(22-26)44(39,40)37-30-16-14-29(35)15-17-30/h9,11-18,22-23,32,36-38H,3-8,10,19-21,24-25H2,1-2H3/t32-/m1/s1. The van der Waals surface area contributed by atoms with Gasteiger partial charge in [-0.2, -0.15) is 0 Å². The molecule has 0 aliphatic carbocycles. The molecule has 0 unspecified atom stereocenters. The van der Waals surface area contributed by atoms with Crippen molar-refractivity contribution in [2.75, 3.05) is 31.0 Å². The Bertz CT molecular complexity index is 1430. The Morgan fingerprint density at radius 2 is 1.70 bits per heavy atom. The van der Waals surface area contributed by atoms with Crippen molar-refractivity contribution in [3.8, 4) is 5.75 Å². The normalized spacial score (nSPS) is 14.9. The van der Waals surface area contributed by atoms with Crippen LogP contribution in [0.15, 0.2) is 71.6 Å². The summed E-state index contributed by atoms with van der Waals surface area (Å²) in [6.07, 6.45) is 6.24. The lowest BCUT2D eigenvalue weighted by Crippen LogP contribution is -2.35. The van der Waals surface area contributed by atoms with Gasteiger partial charge in [0.1, 0.15) is 11.6 Å². The minimum atomic E-state index is -3.75. The highest BCUT2D eigenvalue weighted by Crippen LogP contribution is 2.32. The summed E-state index contributed by atoms with van der Waals surface area (Å²) in [4.78, 5) is 0.187. The van der Waals surface area contributed by atoms with E-state index < -0.39 is 27.7 Å². The van der Waals surface area contributed by atoms with Crippen LogP contribution in [0.5, 0.6) is 5.75 Å². The largest absolute Gasteiger partial charge is 0.463 e. The summed E-state index contributed by atoms with van der Waals surface area (Å²) < 4.78 is 58.3. The van der Waals surface area contributed by atoms with Crippen LogP contribution in [0.25, 0.3) is 0 Å². The number of sulfonamides is 1. The maximum absolute atomic E-state index is 13.1. The Labute approximate surface area is 261 Å². The number of anilines is 1. The fourth-order valence-corrected chi connectivity index (χ4v) is 6.09. The molecule has 44 heavy (non-hydrogen) atoms. The highest BCUT2D eigenvalue weighted by Gasteiger charge is 2.27. The van der Waals surface area contributed by atoms with Crippen molar-refractivity contribution in [2.45, 2.75) is 82.2 Å². The number of ether oxygens (including phenoxy) is 3. The lowest BCUT2D eigenvalue weighted by molar-refractivity contribution is -0.180. The molecule has 0 fully saturated rings. The van der Waals surface area contributed by atoms with Gasteiger partial charge in [0.25, 0.3) is 10.0 Å².